The summed E-state index contributed by atoms with van der Waals surface area (Å²) in [7, 11) is 0. The van der Waals surface area contributed by atoms with Crippen molar-refractivity contribution >= 4 is 11.9 Å². The lowest BCUT2D eigenvalue weighted by Gasteiger charge is -2.30. The van der Waals surface area contributed by atoms with E-state index in [0.717, 1.165) is 33.9 Å². The van der Waals surface area contributed by atoms with Gasteiger partial charge < -0.3 is 18.9 Å². The number of ketones is 1. The van der Waals surface area contributed by atoms with E-state index in [9.17, 15) is 9.18 Å². The van der Waals surface area contributed by atoms with Crippen LogP contribution < -0.4 is 18.9 Å². The van der Waals surface area contributed by atoms with Crippen molar-refractivity contribution in [3.05, 3.63) is 87.9 Å². The number of allylic oxidation sites excluding steroid dienone is 1. The minimum atomic E-state index is -0.366. The molecule has 3 aliphatic rings. The van der Waals surface area contributed by atoms with Crippen LogP contribution in [0, 0.1) is 12.7 Å². The molecule has 166 valence electrons. The number of halogens is 1. The molecular weight excluding hydrogens is 425 g/mol. The van der Waals surface area contributed by atoms with E-state index in [1.807, 2.05) is 31.2 Å². The molecule has 0 aromatic heterocycles. The number of hydrogen-bond donors (Lipinski definition) is 0. The van der Waals surface area contributed by atoms with Gasteiger partial charge in [-0.25, -0.2) is 4.39 Å². The molecule has 6 rings (SSSR count). The van der Waals surface area contributed by atoms with Crippen molar-refractivity contribution in [1.82, 2.24) is 4.90 Å². The zero-order chi connectivity index (χ0) is 22.5. The molecule has 0 bridgehead atoms. The van der Waals surface area contributed by atoms with Gasteiger partial charge in [0.15, 0.2) is 17.3 Å². The SMILES string of the molecule is Cc1c2c(cc3c1O/C(=C\c1cccc(F)c1)C3=O)CN(Cc1ccc3c(c1)OCO3)CO2. The fraction of sp³-hybridized carbons (Fsp3) is 0.192. The van der Waals surface area contributed by atoms with Gasteiger partial charge >= 0.3 is 0 Å². The van der Waals surface area contributed by atoms with Gasteiger partial charge in [0.25, 0.3) is 0 Å². The van der Waals surface area contributed by atoms with Crippen molar-refractivity contribution in [2.75, 3.05) is 13.5 Å². The van der Waals surface area contributed by atoms with Gasteiger partial charge in [-0.15, -0.1) is 0 Å². The first-order valence-electron chi connectivity index (χ1n) is 10.6. The van der Waals surface area contributed by atoms with Crippen LogP contribution in [0.2, 0.25) is 0 Å². The van der Waals surface area contributed by atoms with Crippen molar-refractivity contribution < 1.29 is 28.1 Å². The smallest absolute Gasteiger partial charge is 0.231 e. The average Bonchev–Trinajstić information content (AvgIpc) is 3.39. The molecule has 0 amide bonds. The first-order valence-corrected chi connectivity index (χ1v) is 10.6. The van der Waals surface area contributed by atoms with Crippen LogP contribution in [0.1, 0.15) is 32.6 Å². The van der Waals surface area contributed by atoms with E-state index < -0.39 is 0 Å². The fourth-order valence-electron chi connectivity index (χ4n) is 4.44. The van der Waals surface area contributed by atoms with Crippen LogP contribution >= 0.6 is 0 Å². The summed E-state index contributed by atoms with van der Waals surface area (Å²) in [6.07, 6.45) is 1.57. The summed E-state index contributed by atoms with van der Waals surface area (Å²) in [5.74, 6) is 2.35. The normalized spacial score (nSPS) is 17.5. The Balaban J connectivity index is 1.26. The first kappa shape index (κ1) is 19.8. The third-order valence-corrected chi connectivity index (χ3v) is 5.99. The van der Waals surface area contributed by atoms with Gasteiger partial charge in [0.05, 0.1) is 5.56 Å². The minimum absolute atomic E-state index is 0.179. The Kier molecular flexibility index (Phi) is 4.58. The Morgan fingerprint density at radius 1 is 1.03 bits per heavy atom. The molecule has 33 heavy (non-hydrogen) atoms. The molecule has 3 aromatic rings. The molecule has 6 nitrogen and oxygen atoms in total. The van der Waals surface area contributed by atoms with Crippen molar-refractivity contribution in [3.63, 3.8) is 0 Å². The van der Waals surface area contributed by atoms with Crippen LogP contribution in [0.15, 0.2) is 54.3 Å². The van der Waals surface area contributed by atoms with E-state index in [4.69, 9.17) is 18.9 Å². The van der Waals surface area contributed by atoms with Gasteiger partial charge in [-0.3, -0.25) is 9.69 Å². The van der Waals surface area contributed by atoms with Crippen LogP contribution in [0.3, 0.4) is 0 Å². The zero-order valence-corrected chi connectivity index (χ0v) is 17.9. The summed E-state index contributed by atoms with van der Waals surface area (Å²) in [6, 6.07) is 13.8. The summed E-state index contributed by atoms with van der Waals surface area (Å²) in [5, 5.41) is 0. The average molecular weight is 445 g/mol. The maximum Gasteiger partial charge on any atom is 0.231 e. The molecule has 0 atom stereocenters. The van der Waals surface area contributed by atoms with Crippen LogP contribution in [0.5, 0.6) is 23.0 Å². The third kappa shape index (κ3) is 3.50. The highest BCUT2D eigenvalue weighted by Crippen LogP contribution is 2.43. The number of Topliss-reactive ketones (excluding diaryl/α,β-unsaturated/α-hetero) is 1. The Bertz CT molecular complexity index is 1330. The van der Waals surface area contributed by atoms with E-state index in [1.165, 1.54) is 12.1 Å². The van der Waals surface area contributed by atoms with E-state index in [2.05, 4.69) is 4.90 Å². The van der Waals surface area contributed by atoms with Crippen molar-refractivity contribution in [3.8, 4) is 23.0 Å². The molecule has 3 heterocycles. The largest absolute Gasteiger partial charge is 0.477 e. The van der Waals surface area contributed by atoms with E-state index in [0.29, 0.717) is 36.7 Å². The van der Waals surface area contributed by atoms with E-state index in [-0.39, 0.29) is 24.2 Å². The maximum atomic E-state index is 13.5. The quantitative estimate of drug-likeness (QED) is 0.539. The molecule has 0 unspecified atom stereocenters. The molecule has 3 aromatic carbocycles. The molecule has 0 N–H and O–H groups in total. The van der Waals surface area contributed by atoms with Crippen LogP contribution in [0.25, 0.3) is 6.08 Å². The molecule has 3 aliphatic heterocycles. The van der Waals surface area contributed by atoms with Gasteiger partial charge in [-0.05, 0) is 54.5 Å². The van der Waals surface area contributed by atoms with Crippen LogP contribution in [-0.4, -0.2) is 24.2 Å². The fourth-order valence-corrected chi connectivity index (χ4v) is 4.44. The predicted octanol–water partition coefficient (Wildman–Crippen LogP) is 4.83. The van der Waals surface area contributed by atoms with E-state index in [1.54, 1.807) is 18.2 Å². The molecule has 0 spiro atoms. The van der Waals surface area contributed by atoms with Gasteiger partial charge in [0.2, 0.25) is 12.6 Å². The third-order valence-electron chi connectivity index (χ3n) is 5.99. The number of nitrogens with zero attached hydrogens (tertiary/aromatic N) is 1. The topological polar surface area (TPSA) is 57.2 Å². The Morgan fingerprint density at radius 2 is 1.91 bits per heavy atom. The second-order valence-electron chi connectivity index (χ2n) is 8.31. The van der Waals surface area contributed by atoms with Gasteiger partial charge in [-0.1, -0.05) is 18.2 Å². The Labute approximate surface area is 189 Å². The van der Waals surface area contributed by atoms with Gasteiger partial charge in [0, 0.05) is 24.2 Å². The Hall–Kier alpha value is -3.84. The van der Waals surface area contributed by atoms with E-state index >= 15 is 0 Å². The lowest BCUT2D eigenvalue weighted by atomic mass is 10.00. The molecule has 7 heteroatoms. The highest BCUT2D eigenvalue weighted by molar-refractivity contribution is 6.15. The number of hydrogen-bond acceptors (Lipinski definition) is 6. The number of carbonyl (C=O) groups is 1. The number of rotatable bonds is 3. The summed E-state index contributed by atoms with van der Waals surface area (Å²) in [4.78, 5) is 15.2. The molecule has 0 fully saturated rings. The number of benzene rings is 3. The van der Waals surface area contributed by atoms with Crippen molar-refractivity contribution in [2.45, 2.75) is 20.0 Å². The minimum Gasteiger partial charge on any atom is -0.477 e. The number of fused-ring (bicyclic) bond motifs is 3. The van der Waals surface area contributed by atoms with Crippen molar-refractivity contribution in [2.24, 2.45) is 0 Å². The Morgan fingerprint density at radius 3 is 2.79 bits per heavy atom. The second kappa shape index (κ2) is 7.64. The molecule has 0 aliphatic carbocycles. The summed E-state index contributed by atoms with van der Waals surface area (Å²) >= 11 is 0. The van der Waals surface area contributed by atoms with Gasteiger partial charge in [0.1, 0.15) is 24.0 Å². The van der Waals surface area contributed by atoms with Crippen molar-refractivity contribution in [1.29, 1.82) is 0 Å². The van der Waals surface area contributed by atoms with Crippen LogP contribution in [0.4, 0.5) is 4.39 Å². The maximum absolute atomic E-state index is 13.5. The standard InChI is InChI=1S/C26H20FNO5/c1-15-25-18(12-28(13-30-25)11-17-5-6-21-22(9-17)32-14-31-21)10-20-24(29)23(33-26(15)20)8-16-3-2-4-19(27)7-16/h2-10H,11-14H2,1H3/b23-8-. The molecule has 0 saturated heterocycles. The molecular formula is C26H20FNO5. The highest BCUT2D eigenvalue weighted by Gasteiger charge is 2.33. The molecule has 0 radical (unpaired) electrons. The predicted molar refractivity (Wildman–Crippen MR) is 118 cm³/mol. The number of carbonyl (C=O) groups excluding carboxylic acids is 1. The second-order valence-corrected chi connectivity index (χ2v) is 8.31. The molecule has 0 saturated carbocycles. The first-order chi connectivity index (χ1) is 16.0. The van der Waals surface area contributed by atoms with Gasteiger partial charge in [-0.2, -0.15) is 0 Å². The zero-order valence-electron chi connectivity index (χ0n) is 17.9. The summed E-state index contributed by atoms with van der Waals surface area (Å²) < 4.78 is 36.4. The summed E-state index contributed by atoms with van der Waals surface area (Å²) in [5.41, 5.74) is 3.88. The number of ether oxygens (including phenoxy) is 4. The monoisotopic (exact) mass is 445 g/mol. The highest BCUT2D eigenvalue weighted by atomic mass is 19.1. The lowest BCUT2D eigenvalue weighted by Crippen LogP contribution is -2.32. The summed E-state index contributed by atoms with van der Waals surface area (Å²) in [6.45, 7) is 3.86. The van der Waals surface area contributed by atoms with Crippen LogP contribution in [-0.2, 0) is 13.1 Å². The lowest BCUT2D eigenvalue weighted by molar-refractivity contribution is 0.0876.